The highest BCUT2D eigenvalue weighted by Gasteiger charge is 2.38. The molecule has 4 nitrogen and oxygen atoms in total. The van der Waals surface area contributed by atoms with Gasteiger partial charge in [-0.3, -0.25) is 0 Å². The Bertz CT molecular complexity index is 607. The molecule has 1 atom stereocenters. The molecule has 0 spiro atoms. The number of aliphatic hydroxyl groups is 1. The van der Waals surface area contributed by atoms with Crippen LogP contribution < -0.4 is 0 Å². The van der Waals surface area contributed by atoms with E-state index in [9.17, 15) is 13.5 Å². The van der Waals surface area contributed by atoms with E-state index in [1.54, 1.807) is 13.0 Å². The van der Waals surface area contributed by atoms with E-state index in [0.717, 1.165) is 24.8 Å². The molecule has 0 aromatic heterocycles. The summed E-state index contributed by atoms with van der Waals surface area (Å²) in [5.41, 5.74) is 1.53. The molecule has 0 radical (unpaired) electrons. The fourth-order valence-corrected chi connectivity index (χ4v) is 4.58. The average Bonchev–Trinajstić information content (AvgIpc) is 2.94. The number of rotatable bonds is 2. The minimum Gasteiger partial charge on any atom is -0.389 e. The van der Waals surface area contributed by atoms with Gasteiger partial charge in [0.1, 0.15) is 0 Å². The van der Waals surface area contributed by atoms with Crippen LogP contribution in [0.2, 0.25) is 0 Å². The third-order valence-electron chi connectivity index (χ3n) is 4.12. The Morgan fingerprint density at radius 1 is 1.26 bits per heavy atom. The Balaban J connectivity index is 1.93. The van der Waals surface area contributed by atoms with E-state index < -0.39 is 15.6 Å². The minimum absolute atomic E-state index is 0.187. The lowest BCUT2D eigenvalue weighted by atomic mass is 10.1. The molecule has 0 bridgehead atoms. The Hall–Kier alpha value is -0.910. The molecule has 1 aromatic rings. The van der Waals surface area contributed by atoms with Crippen molar-refractivity contribution in [3.05, 3.63) is 29.3 Å². The van der Waals surface area contributed by atoms with Gasteiger partial charge >= 0.3 is 0 Å². The summed E-state index contributed by atoms with van der Waals surface area (Å²) in [5.74, 6) is 0. The summed E-state index contributed by atoms with van der Waals surface area (Å²) in [7, 11) is -3.46. The van der Waals surface area contributed by atoms with Crippen molar-refractivity contribution in [2.75, 3.05) is 13.1 Å². The van der Waals surface area contributed by atoms with Crippen LogP contribution in [-0.4, -0.2) is 36.5 Å². The third kappa shape index (κ3) is 2.30. The molecular weight excluding hydrogens is 262 g/mol. The molecule has 1 aromatic carbocycles. The van der Waals surface area contributed by atoms with Gasteiger partial charge < -0.3 is 5.11 Å². The Labute approximate surface area is 114 Å². The van der Waals surface area contributed by atoms with Crippen LogP contribution in [0.1, 0.15) is 30.9 Å². The van der Waals surface area contributed by atoms with Crippen LogP contribution in [0.25, 0.3) is 0 Å². The first-order valence-electron chi connectivity index (χ1n) is 6.73. The van der Waals surface area contributed by atoms with Gasteiger partial charge in [0.15, 0.2) is 0 Å². The van der Waals surface area contributed by atoms with Gasteiger partial charge in [-0.2, -0.15) is 4.31 Å². The lowest BCUT2D eigenvalue weighted by molar-refractivity contribution is 0.0762. The standard InChI is InChI=1S/C14H19NO3S/c1-14(16)7-8-15(10-14)19(17,18)13-6-5-11-3-2-4-12(11)9-13/h5-6,9,16H,2-4,7-8,10H2,1H3. The lowest BCUT2D eigenvalue weighted by Gasteiger charge is -2.19. The summed E-state index contributed by atoms with van der Waals surface area (Å²) in [4.78, 5) is 0.367. The van der Waals surface area contributed by atoms with Crippen molar-refractivity contribution in [3.63, 3.8) is 0 Å². The number of benzene rings is 1. The third-order valence-corrected chi connectivity index (χ3v) is 5.97. The molecule has 2 aliphatic rings. The quantitative estimate of drug-likeness (QED) is 0.889. The number of sulfonamides is 1. The van der Waals surface area contributed by atoms with E-state index in [0.29, 0.717) is 17.9 Å². The second kappa shape index (κ2) is 4.30. The van der Waals surface area contributed by atoms with Crippen LogP contribution in [0, 0.1) is 0 Å². The maximum Gasteiger partial charge on any atom is 0.243 e. The number of β-amino-alcohol motifs (C(OH)–C–C–N with tert-alkyl or cyclic N) is 1. The van der Waals surface area contributed by atoms with E-state index in [4.69, 9.17) is 0 Å². The smallest absolute Gasteiger partial charge is 0.243 e. The van der Waals surface area contributed by atoms with Crippen LogP contribution in [0.5, 0.6) is 0 Å². The van der Waals surface area contributed by atoms with Gasteiger partial charge in [-0.15, -0.1) is 0 Å². The van der Waals surface area contributed by atoms with Gasteiger partial charge in [0, 0.05) is 13.1 Å². The van der Waals surface area contributed by atoms with Crippen LogP contribution in [-0.2, 0) is 22.9 Å². The largest absolute Gasteiger partial charge is 0.389 e. The van der Waals surface area contributed by atoms with Crippen molar-refractivity contribution < 1.29 is 13.5 Å². The summed E-state index contributed by atoms with van der Waals surface area (Å²) in [6.07, 6.45) is 3.62. The van der Waals surface area contributed by atoms with Crippen LogP contribution >= 0.6 is 0 Å². The van der Waals surface area contributed by atoms with Crippen LogP contribution in [0.4, 0.5) is 0 Å². The normalized spacial score (nSPS) is 27.7. The van der Waals surface area contributed by atoms with Crippen molar-refractivity contribution in [2.45, 2.75) is 43.1 Å². The molecule has 1 heterocycles. The van der Waals surface area contributed by atoms with Gasteiger partial charge in [-0.05, 0) is 55.9 Å². The van der Waals surface area contributed by atoms with Gasteiger partial charge in [0.25, 0.3) is 0 Å². The average molecular weight is 281 g/mol. The van der Waals surface area contributed by atoms with E-state index in [2.05, 4.69) is 0 Å². The summed E-state index contributed by atoms with van der Waals surface area (Å²) in [5, 5.41) is 9.92. The number of hydrogen-bond donors (Lipinski definition) is 1. The lowest BCUT2D eigenvalue weighted by Crippen LogP contribution is -2.34. The molecule has 3 rings (SSSR count). The molecule has 1 N–H and O–H groups in total. The second-order valence-corrected chi connectivity index (χ2v) is 7.81. The van der Waals surface area contributed by atoms with Gasteiger partial charge in [-0.1, -0.05) is 6.07 Å². The highest BCUT2D eigenvalue weighted by Crippen LogP contribution is 2.29. The van der Waals surface area contributed by atoms with E-state index >= 15 is 0 Å². The first-order valence-corrected chi connectivity index (χ1v) is 8.17. The number of hydrogen-bond acceptors (Lipinski definition) is 3. The molecule has 0 amide bonds. The number of aryl methyl sites for hydroxylation is 2. The van der Waals surface area contributed by atoms with E-state index in [1.807, 2.05) is 12.1 Å². The van der Waals surface area contributed by atoms with Crippen LogP contribution in [0.3, 0.4) is 0 Å². The molecule has 1 aliphatic carbocycles. The molecule has 1 fully saturated rings. The maximum absolute atomic E-state index is 12.5. The van der Waals surface area contributed by atoms with Gasteiger partial charge in [-0.25, -0.2) is 8.42 Å². The first kappa shape index (κ1) is 13.1. The fourth-order valence-electron chi connectivity index (χ4n) is 2.97. The molecular formula is C14H19NO3S. The highest BCUT2D eigenvalue weighted by molar-refractivity contribution is 7.89. The monoisotopic (exact) mass is 281 g/mol. The zero-order chi connectivity index (χ0) is 13.7. The molecule has 0 saturated carbocycles. The topological polar surface area (TPSA) is 57.6 Å². The zero-order valence-electron chi connectivity index (χ0n) is 11.1. The summed E-state index contributed by atoms with van der Waals surface area (Å²) < 4.78 is 26.5. The molecule has 5 heteroatoms. The molecule has 19 heavy (non-hydrogen) atoms. The van der Waals surface area contributed by atoms with E-state index in [-0.39, 0.29) is 6.54 Å². The summed E-state index contributed by atoms with van der Waals surface area (Å²) >= 11 is 0. The SMILES string of the molecule is CC1(O)CCN(S(=O)(=O)c2ccc3c(c2)CCC3)C1. The fraction of sp³-hybridized carbons (Fsp3) is 0.571. The number of fused-ring (bicyclic) bond motifs is 1. The zero-order valence-corrected chi connectivity index (χ0v) is 11.9. The van der Waals surface area contributed by atoms with Crippen molar-refractivity contribution in [1.29, 1.82) is 0 Å². The van der Waals surface area contributed by atoms with Crippen molar-refractivity contribution in [1.82, 2.24) is 4.31 Å². The Morgan fingerprint density at radius 3 is 2.68 bits per heavy atom. The first-order chi connectivity index (χ1) is 8.88. The Kier molecular flexibility index (Phi) is 2.96. The van der Waals surface area contributed by atoms with Gasteiger partial charge in [0.05, 0.1) is 10.5 Å². The number of nitrogens with zero attached hydrogens (tertiary/aromatic N) is 1. The van der Waals surface area contributed by atoms with Gasteiger partial charge in [0.2, 0.25) is 10.0 Å². The predicted molar refractivity (Wildman–Crippen MR) is 72.5 cm³/mol. The predicted octanol–water partition coefficient (Wildman–Crippen LogP) is 1.32. The minimum atomic E-state index is -3.46. The summed E-state index contributed by atoms with van der Waals surface area (Å²) in [6, 6.07) is 5.45. The summed E-state index contributed by atoms with van der Waals surface area (Å²) in [6.45, 7) is 2.27. The van der Waals surface area contributed by atoms with Crippen molar-refractivity contribution >= 4 is 10.0 Å². The van der Waals surface area contributed by atoms with Crippen molar-refractivity contribution in [3.8, 4) is 0 Å². The Morgan fingerprint density at radius 2 is 2.00 bits per heavy atom. The molecule has 1 saturated heterocycles. The van der Waals surface area contributed by atoms with Crippen LogP contribution in [0.15, 0.2) is 23.1 Å². The molecule has 104 valence electrons. The molecule has 1 aliphatic heterocycles. The highest BCUT2D eigenvalue weighted by atomic mass is 32.2. The second-order valence-electron chi connectivity index (χ2n) is 5.87. The van der Waals surface area contributed by atoms with Crippen molar-refractivity contribution in [2.24, 2.45) is 0 Å². The molecule has 1 unspecified atom stereocenters. The maximum atomic E-state index is 12.5. The van der Waals surface area contributed by atoms with E-state index in [1.165, 1.54) is 9.87 Å².